The van der Waals surface area contributed by atoms with Crippen LogP contribution in [0.3, 0.4) is 0 Å². The average Bonchev–Trinajstić information content (AvgIpc) is 2.48. The molecule has 0 aliphatic carbocycles. The number of anilines is 1. The molecule has 0 saturated carbocycles. The summed E-state index contributed by atoms with van der Waals surface area (Å²) in [6.07, 6.45) is 0. The van der Waals surface area contributed by atoms with Gasteiger partial charge in [0.15, 0.2) is 0 Å². The Labute approximate surface area is 135 Å². The Hall–Kier alpha value is -2.13. The van der Waals surface area contributed by atoms with Gasteiger partial charge in [0.25, 0.3) is 0 Å². The summed E-state index contributed by atoms with van der Waals surface area (Å²) in [4.78, 5) is 1.21. The third-order valence-corrected chi connectivity index (χ3v) is 4.94. The molecule has 0 aromatic heterocycles. The summed E-state index contributed by atoms with van der Waals surface area (Å²) < 4.78 is 3.29. The first kappa shape index (κ1) is 14.8. The maximum atomic E-state index is 10.4. The number of rotatable bonds is 3. The quantitative estimate of drug-likeness (QED) is 0.488. The molecule has 112 valence electrons. The molecule has 0 amide bonds. The lowest BCUT2D eigenvalue weighted by molar-refractivity contribution is 0.484. The van der Waals surface area contributed by atoms with E-state index in [4.69, 9.17) is 0 Å². The number of phenolic OH excluding ortho intramolecular Hbond substituents is 1. The van der Waals surface area contributed by atoms with Gasteiger partial charge in [-0.05, 0) is 55.3 Å². The van der Waals surface area contributed by atoms with E-state index in [1.807, 2.05) is 36.4 Å². The number of fused-ring (bicyclic) bond motifs is 1. The minimum Gasteiger partial charge on any atom is -0.505 e. The van der Waals surface area contributed by atoms with E-state index in [2.05, 4.69) is 37.6 Å². The normalized spacial score (nSPS) is 10.9. The van der Waals surface area contributed by atoms with Crippen LogP contribution >= 0.6 is 11.9 Å². The highest BCUT2D eigenvalue weighted by Gasteiger charge is 2.09. The van der Waals surface area contributed by atoms with Crippen LogP contribution in [-0.2, 0) is 0 Å². The Kier molecular flexibility index (Phi) is 3.99. The van der Waals surface area contributed by atoms with Crippen molar-refractivity contribution < 1.29 is 5.11 Å². The van der Waals surface area contributed by atoms with Crippen molar-refractivity contribution >= 4 is 28.4 Å². The summed E-state index contributed by atoms with van der Waals surface area (Å²) in [5, 5.41) is 12.3. The maximum absolute atomic E-state index is 10.4. The van der Waals surface area contributed by atoms with E-state index in [9.17, 15) is 5.11 Å². The number of nitrogens with one attached hydrogen (secondary N) is 1. The van der Waals surface area contributed by atoms with Crippen molar-refractivity contribution in [2.75, 3.05) is 4.72 Å². The Bertz CT molecular complexity index is 819. The van der Waals surface area contributed by atoms with Crippen molar-refractivity contribution in [1.29, 1.82) is 0 Å². The van der Waals surface area contributed by atoms with E-state index in [1.54, 1.807) is 11.9 Å². The molecular formula is C19H19NOS. The second kappa shape index (κ2) is 5.93. The molecule has 3 aromatic carbocycles. The van der Waals surface area contributed by atoms with Crippen molar-refractivity contribution in [2.45, 2.75) is 25.7 Å². The zero-order valence-electron chi connectivity index (χ0n) is 13.0. The van der Waals surface area contributed by atoms with E-state index in [0.717, 1.165) is 16.5 Å². The number of hydrogen-bond donors (Lipinski definition) is 2. The van der Waals surface area contributed by atoms with Crippen molar-refractivity contribution in [1.82, 2.24) is 0 Å². The molecule has 3 rings (SSSR count). The van der Waals surface area contributed by atoms with E-state index in [1.165, 1.54) is 21.6 Å². The zero-order valence-corrected chi connectivity index (χ0v) is 13.8. The third-order valence-electron chi connectivity index (χ3n) is 3.77. The molecular weight excluding hydrogens is 290 g/mol. The van der Waals surface area contributed by atoms with Gasteiger partial charge in [-0.1, -0.05) is 48.0 Å². The predicted molar refractivity (Wildman–Crippen MR) is 95.7 cm³/mol. The molecule has 22 heavy (non-hydrogen) atoms. The van der Waals surface area contributed by atoms with Gasteiger partial charge in [0.05, 0.1) is 5.69 Å². The van der Waals surface area contributed by atoms with Crippen molar-refractivity contribution in [3.05, 3.63) is 65.2 Å². The smallest absolute Gasteiger partial charge is 0.147 e. The fourth-order valence-electron chi connectivity index (χ4n) is 2.77. The van der Waals surface area contributed by atoms with Crippen LogP contribution in [0.25, 0.3) is 10.8 Å². The molecule has 2 nitrogen and oxygen atoms in total. The predicted octanol–water partition coefficient (Wildman–Crippen LogP) is 5.59. The van der Waals surface area contributed by atoms with Gasteiger partial charge in [-0.3, -0.25) is 0 Å². The SMILES string of the molecule is Cc1cc(C)c(SNc2ccc3ccccc3c2O)c(C)c1. The van der Waals surface area contributed by atoms with Gasteiger partial charge in [0, 0.05) is 10.3 Å². The Morgan fingerprint density at radius 3 is 2.32 bits per heavy atom. The second-order valence-electron chi connectivity index (χ2n) is 5.61. The lowest BCUT2D eigenvalue weighted by Gasteiger charge is -2.13. The van der Waals surface area contributed by atoms with Crippen LogP contribution in [0.2, 0.25) is 0 Å². The van der Waals surface area contributed by atoms with E-state index in [-0.39, 0.29) is 0 Å². The molecule has 0 radical (unpaired) electrons. The van der Waals surface area contributed by atoms with Gasteiger partial charge in [-0.15, -0.1) is 0 Å². The molecule has 0 aliphatic heterocycles. The lowest BCUT2D eigenvalue weighted by atomic mass is 10.1. The lowest BCUT2D eigenvalue weighted by Crippen LogP contribution is -1.93. The van der Waals surface area contributed by atoms with Crippen molar-refractivity contribution in [2.24, 2.45) is 0 Å². The number of hydrogen-bond acceptors (Lipinski definition) is 3. The molecule has 0 heterocycles. The number of aromatic hydroxyl groups is 1. The minimum absolute atomic E-state index is 0.299. The molecule has 0 bridgehead atoms. The van der Waals surface area contributed by atoms with Crippen molar-refractivity contribution in [3.63, 3.8) is 0 Å². The molecule has 0 saturated heterocycles. The molecule has 0 spiro atoms. The molecule has 2 N–H and O–H groups in total. The highest BCUT2D eigenvalue weighted by Crippen LogP contribution is 2.36. The van der Waals surface area contributed by atoms with E-state index < -0.39 is 0 Å². The van der Waals surface area contributed by atoms with Crippen LogP contribution in [-0.4, -0.2) is 5.11 Å². The van der Waals surface area contributed by atoms with Crippen molar-refractivity contribution in [3.8, 4) is 5.75 Å². The van der Waals surface area contributed by atoms with Gasteiger partial charge < -0.3 is 9.83 Å². The maximum Gasteiger partial charge on any atom is 0.147 e. The van der Waals surface area contributed by atoms with Crippen LogP contribution in [0.15, 0.2) is 53.4 Å². The first-order chi connectivity index (χ1) is 10.6. The van der Waals surface area contributed by atoms with Crippen LogP contribution in [0, 0.1) is 20.8 Å². The summed E-state index contributed by atoms with van der Waals surface area (Å²) in [5.74, 6) is 0.299. The summed E-state index contributed by atoms with van der Waals surface area (Å²) in [7, 11) is 0. The highest BCUT2D eigenvalue weighted by molar-refractivity contribution is 8.00. The first-order valence-corrected chi connectivity index (χ1v) is 8.09. The molecule has 0 fully saturated rings. The third kappa shape index (κ3) is 2.77. The Morgan fingerprint density at radius 1 is 0.909 bits per heavy atom. The van der Waals surface area contributed by atoms with E-state index >= 15 is 0 Å². The van der Waals surface area contributed by atoms with Crippen LogP contribution in [0.4, 0.5) is 5.69 Å². The largest absolute Gasteiger partial charge is 0.505 e. The van der Waals surface area contributed by atoms with Gasteiger partial charge >= 0.3 is 0 Å². The molecule has 0 aliphatic rings. The molecule has 0 atom stereocenters. The van der Waals surface area contributed by atoms with Crippen LogP contribution in [0.1, 0.15) is 16.7 Å². The zero-order chi connectivity index (χ0) is 15.7. The van der Waals surface area contributed by atoms with Gasteiger partial charge in [-0.25, -0.2) is 0 Å². The molecule has 0 unspecified atom stereocenters. The second-order valence-corrected chi connectivity index (χ2v) is 6.43. The highest BCUT2D eigenvalue weighted by atomic mass is 32.2. The van der Waals surface area contributed by atoms with Gasteiger partial charge in [0.1, 0.15) is 5.75 Å². The summed E-state index contributed by atoms with van der Waals surface area (Å²) in [6, 6.07) is 16.1. The number of benzene rings is 3. The Morgan fingerprint density at radius 2 is 1.59 bits per heavy atom. The number of aryl methyl sites for hydroxylation is 3. The average molecular weight is 309 g/mol. The van der Waals surface area contributed by atoms with Crippen LogP contribution in [0.5, 0.6) is 5.75 Å². The summed E-state index contributed by atoms with van der Waals surface area (Å²) in [6.45, 7) is 6.34. The van der Waals surface area contributed by atoms with E-state index in [0.29, 0.717) is 5.75 Å². The first-order valence-electron chi connectivity index (χ1n) is 7.27. The minimum atomic E-state index is 0.299. The fourth-order valence-corrected chi connectivity index (χ4v) is 3.59. The topological polar surface area (TPSA) is 32.3 Å². The summed E-state index contributed by atoms with van der Waals surface area (Å²) in [5.41, 5.74) is 4.50. The molecule has 3 aromatic rings. The molecule has 3 heteroatoms. The number of phenols is 1. The standard InChI is InChI=1S/C19H19NOS/c1-12-10-13(2)19(14(3)11-12)22-20-17-9-8-15-6-4-5-7-16(15)18(17)21/h4-11,20-21H,1-3H3. The van der Waals surface area contributed by atoms with Gasteiger partial charge in [0.2, 0.25) is 0 Å². The monoisotopic (exact) mass is 309 g/mol. The Balaban J connectivity index is 1.90. The van der Waals surface area contributed by atoms with Crippen LogP contribution < -0.4 is 4.72 Å². The fraction of sp³-hybridized carbons (Fsp3) is 0.158. The van der Waals surface area contributed by atoms with Gasteiger partial charge in [-0.2, -0.15) is 0 Å². The summed E-state index contributed by atoms with van der Waals surface area (Å²) >= 11 is 1.55.